The van der Waals surface area contributed by atoms with Crippen LogP contribution in [0.15, 0.2) is 48.8 Å². The van der Waals surface area contributed by atoms with Gasteiger partial charge in [0.05, 0.1) is 5.57 Å². The van der Waals surface area contributed by atoms with Crippen molar-refractivity contribution in [1.82, 2.24) is 4.57 Å². The Morgan fingerprint density at radius 1 is 1.06 bits per heavy atom. The number of hydrogen-bond donors (Lipinski definition) is 1. The number of para-hydroxylation sites is 1. The predicted octanol–water partition coefficient (Wildman–Crippen LogP) is 2.44. The summed E-state index contributed by atoms with van der Waals surface area (Å²) in [6, 6.07) is 11.6. The van der Waals surface area contributed by atoms with Crippen LogP contribution >= 0.6 is 0 Å². The number of nitrogens with zero attached hydrogens (tertiary/aromatic N) is 1. The fraction of sp³-hybridized carbons (Fsp3) is 0. The van der Waals surface area contributed by atoms with Crippen LogP contribution in [0.2, 0.25) is 0 Å². The number of benzene rings is 1. The third-order valence-electron chi connectivity index (χ3n) is 2.62. The lowest BCUT2D eigenvalue weighted by Gasteiger charge is -1.97. The molecule has 1 amide bonds. The third-order valence-corrected chi connectivity index (χ3v) is 2.62. The first-order valence-electron chi connectivity index (χ1n) is 5.09. The van der Waals surface area contributed by atoms with Crippen molar-refractivity contribution in [3.05, 3.63) is 54.4 Å². The summed E-state index contributed by atoms with van der Waals surface area (Å²) in [5.74, 6) is -0.0464. The molecule has 0 aliphatic carbocycles. The molecule has 1 aliphatic rings. The Labute approximate surface area is 93.0 Å². The lowest BCUT2D eigenvalue weighted by atomic mass is 10.1. The average Bonchev–Trinajstić information content (AvgIpc) is 2.89. The zero-order valence-corrected chi connectivity index (χ0v) is 8.55. The van der Waals surface area contributed by atoms with Gasteiger partial charge in [0.15, 0.2) is 0 Å². The van der Waals surface area contributed by atoms with Gasteiger partial charge >= 0.3 is 0 Å². The molecule has 1 aliphatic heterocycles. The van der Waals surface area contributed by atoms with Gasteiger partial charge in [-0.15, -0.1) is 0 Å². The Kier molecular flexibility index (Phi) is 1.90. The van der Waals surface area contributed by atoms with Gasteiger partial charge in [-0.05, 0) is 18.2 Å². The molecule has 0 fully saturated rings. The molecule has 16 heavy (non-hydrogen) atoms. The molecule has 3 nitrogen and oxygen atoms in total. The Morgan fingerprint density at radius 2 is 1.81 bits per heavy atom. The molecule has 1 aromatic carbocycles. The van der Waals surface area contributed by atoms with Gasteiger partial charge in [-0.1, -0.05) is 18.2 Å². The normalized spacial score (nSPS) is 16.2. The summed E-state index contributed by atoms with van der Waals surface area (Å²) in [6.07, 6.45) is 5.64. The Hall–Kier alpha value is -2.29. The van der Waals surface area contributed by atoms with Gasteiger partial charge in [0.2, 0.25) is 0 Å². The van der Waals surface area contributed by atoms with Crippen molar-refractivity contribution >= 4 is 23.4 Å². The molecule has 3 rings (SSSR count). The molecule has 1 aromatic heterocycles. The summed E-state index contributed by atoms with van der Waals surface area (Å²) in [5, 5.41) is 2.84. The molecule has 0 bridgehead atoms. The number of rotatable bonds is 1. The number of anilines is 1. The molecular weight excluding hydrogens is 200 g/mol. The molecule has 1 N–H and O–H groups in total. The van der Waals surface area contributed by atoms with Gasteiger partial charge < -0.3 is 9.88 Å². The van der Waals surface area contributed by atoms with E-state index in [0.29, 0.717) is 5.57 Å². The summed E-state index contributed by atoms with van der Waals surface area (Å²) in [6.45, 7) is 0. The van der Waals surface area contributed by atoms with Crippen LogP contribution < -0.4 is 5.32 Å². The summed E-state index contributed by atoms with van der Waals surface area (Å²) in [4.78, 5) is 11.8. The van der Waals surface area contributed by atoms with Crippen molar-refractivity contribution in [1.29, 1.82) is 0 Å². The van der Waals surface area contributed by atoms with Gasteiger partial charge in [-0.3, -0.25) is 4.79 Å². The van der Waals surface area contributed by atoms with Crippen LogP contribution in [0.3, 0.4) is 0 Å². The van der Waals surface area contributed by atoms with Crippen LogP contribution in [0.5, 0.6) is 0 Å². The quantitative estimate of drug-likeness (QED) is 0.721. The predicted molar refractivity (Wildman–Crippen MR) is 63.7 cm³/mol. The summed E-state index contributed by atoms with van der Waals surface area (Å²) >= 11 is 0. The Morgan fingerprint density at radius 3 is 2.62 bits per heavy atom. The minimum atomic E-state index is -0.0464. The first-order valence-corrected chi connectivity index (χ1v) is 5.09. The highest BCUT2D eigenvalue weighted by Crippen LogP contribution is 2.31. The maximum absolute atomic E-state index is 11.8. The third kappa shape index (κ3) is 1.34. The summed E-state index contributed by atoms with van der Waals surface area (Å²) in [5.41, 5.74) is 2.54. The minimum Gasteiger partial charge on any atom is -0.330 e. The first kappa shape index (κ1) is 8.97. The highest BCUT2D eigenvalue weighted by molar-refractivity contribution is 6.34. The number of hydrogen-bond acceptors (Lipinski definition) is 1. The highest BCUT2D eigenvalue weighted by atomic mass is 16.2. The van der Waals surface area contributed by atoms with E-state index in [9.17, 15) is 4.79 Å². The van der Waals surface area contributed by atoms with Crippen molar-refractivity contribution in [2.75, 3.05) is 5.32 Å². The molecule has 0 unspecified atom stereocenters. The Bertz CT molecular complexity index is 567. The minimum absolute atomic E-state index is 0.0464. The summed E-state index contributed by atoms with van der Waals surface area (Å²) in [7, 11) is 0. The average molecular weight is 210 g/mol. The SMILES string of the molecule is O=C1Nc2ccccc2/C1=C/n1cccc1. The molecule has 0 atom stereocenters. The first-order chi connectivity index (χ1) is 7.84. The molecule has 0 saturated carbocycles. The van der Waals surface area contributed by atoms with E-state index in [4.69, 9.17) is 0 Å². The molecule has 78 valence electrons. The number of carbonyl (C=O) groups excluding carboxylic acids is 1. The summed E-state index contributed by atoms with van der Waals surface area (Å²) < 4.78 is 1.87. The smallest absolute Gasteiger partial charge is 0.257 e. The number of aromatic nitrogens is 1. The van der Waals surface area contributed by atoms with E-state index in [-0.39, 0.29) is 5.91 Å². The second kappa shape index (κ2) is 3.38. The van der Waals surface area contributed by atoms with Crippen LogP contribution in [0, 0.1) is 0 Å². The van der Waals surface area contributed by atoms with Crippen LogP contribution in [-0.4, -0.2) is 10.5 Å². The van der Waals surface area contributed by atoms with E-state index in [1.807, 2.05) is 59.6 Å². The lowest BCUT2D eigenvalue weighted by molar-refractivity contribution is -0.110. The second-order valence-corrected chi connectivity index (χ2v) is 3.67. The fourth-order valence-electron chi connectivity index (χ4n) is 1.85. The number of carbonyl (C=O) groups is 1. The Balaban J connectivity index is 2.12. The van der Waals surface area contributed by atoms with Crippen molar-refractivity contribution in [2.45, 2.75) is 0 Å². The van der Waals surface area contributed by atoms with E-state index in [1.165, 1.54) is 0 Å². The number of fused-ring (bicyclic) bond motifs is 1. The lowest BCUT2D eigenvalue weighted by Crippen LogP contribution is -2.04. The number of amides is 1. The van der Waals surface area contributed by atoms with Crippen LogP contribution in [0.25, 0.3) is 11.8 Å². The van der Waals surface area contributed by atoms with Crippen molar-refractivity contribution in [3.63, 3.8) is 0 Å². The van der Waals surface area contributed by atoms with Crippen molar-refractivity contribution in [2.24, 2.45) is 0 Å². The maximum Gasteiger partial charge on any atom is 0.257 e. The van der Waals surface area contributed by atoms with Gasteiger partial charge in [-0.25, -0.2) is 0 Å². The molecule has 0 saturated heterocycles. The van der Waals surface area contributed by atoms with Crippen molar-refractivity contribution < 1.29 is 4.79 Å². The molecule has 0 spiro atoms. The van der Waals surface area contributed by atoms with Gasteiger partial charge in [0.25, 0.3) is 5.91 Å². The molecular formula is C13H10N2O. The second-order valence-electron chi connectivity index (χ2n) is 3.67. The van der Waals surface area contributed by atoms with Gasteiger partial charge in [0.1, 0.15) is 0 Å². The van der Waals surface area contributed by atoms with Crippen LogP contribution in [0.1, 0.15) is 5.56 Å². The maximum atomic E-state index is 11.8. The zero-order chi connectivity index (χ0) is 11.0. The molecule has 3 heteroatoms. The van der Waals surface area contributed by atoms with Gasteiger partial charge in [-0.2, -0.15) is 0 Å². The molecule has 2 aromatic rings. The van der Waals surface area contributed by atoms with E-state index < -0.39 is 0 Å². The van der Waals surface area contributed by atoms with Crippen molar-refractivity contribution in [3.8, 4) is 0 Å². The van der Waals surface area contributed by atoms with E-state index >= 15 is 0 Å². The van der Waals surface area contributed by atoms with E-state index in [2.05, 4.69) is 5.32 Å². The molecule has 2 heterocycles. The standard InChI is InChI=1S/C13H10N2O/c16-13-11(9-15-7-3-4-8-15)10-5-1-2-6-12(10)14-13/h1-9H,(H,14,16)/b11-9-. The van der Waals surface area contributed by atoms with Crippen LogP contribution in [-0.2, 0) is 4.79 Å². The van der Waals surface area contributed by atoms with Gasteiger partial charge in [0, 0.05) is 29.8 Å². The molecule has 0 radical (unpaired) electrons. The van der Waals surface area contributed by atoms with E-state index in [0.717, 1.165) is 11.3 Å². The van der Waals surface area contributed by atoms with Crippen LogP contribution in [0.4, 0.5) is 5.69 Å². The van der Waals surface area contributed by atoms with E-state index in [1.54, 1.807) is 0 Å². The topological polar surface area (TPSA) is 34.0 Å². The fourth-order valence-corrected chi connectivity index (χ4v) is 1.85. The zero-order valence-electron chi connectivity index (χ0n) is 8.55. The number of nitrogens with one attached hydrogen (secondary N) is 1. The largest absolute Gasteiger partial charge is 0.330 e. The highest BCUT2D eigenvalue weighted by Gasteiger charge is 2.23. The monoisotopic (exact) mass is 210 g/mol.